The van der Waals surface area contributed by atoms with E-state index in [1.54, 1.807) is 7.11 Å². The molecule has 0 unspecified atom stereocenters. The first-order chi connectivity index (χ1) is 9.23. The van der Waals surface area contributed by atoms with E-state index in [0.29, 0.717) is 18.3 Å². The minimum absolute atomic E-state index is 0.105. The van der Waals surface area contributed by atoms with Crippen LogP contribution in [0.3, 0.4) is 0 Å². The van der Waals surface area contributed by atoms with Crippen LogP contribution in [0, 0.1) is 0 Å². The molecule has 20 heavy (non-hydrogen) atoms. The van der Waals surface area contributed by atoms with Gasteiger partial charge in [0.1, 0.15) is 6.10 Å². The Balaban J connectivity index is 1.94. The molecule has 2 atom stereocenters. The van der Waals surface area contributed by atoms with Gasteiger partial charge in [-0.1, -0.05) is 5.16 Å². The fraction of sp³-hybridized carbons (Fsp3) is 0.857. The molecule has 1 aromatic heterocycles. The average Bonchev–Trinajstić information content (AvgIpc) is 2.87. The predicted octanol–water partition coefficient (Wildman–Crippen LogP) is 2.21. The molecule has 1 saturated heterocycles. The molecule has 1 fully saturated rings. The van der Waals surface area contributed by atoms with Crippen LogP contribution in [0.15, 0.2) is 4.52 Å². The second-order valence-corrected chi connectivity index (χ2v) is 6.53. The lowest BCUT2D eigenvalue weighted by molar-refractivity contribution is -0.0700. The summed E-state index contributed by atoms with van der Waals surface area (Å²) in [7, 11) is 1.62. The maximum absolute atomic E-state index is 6.05. The molecule has 0 saturated carbocycles. The highest BCUT2D eigenvalue weighted by atomic mass is 16.5. The molecule has 0 amide bonds. The minimum Gasteiger partial charge on any atom is -0.374 e. The zero-order valence-corrected chi connectivity index (χ0v) is 13.2. The summed E-state index contributed by atoms with van der Waals surface area (Å²) in [6.45, 7) is 10.9. The van der Waals surface area contributed by atoms with Crippen LogP contribution in [0.5, 0.6) is 0 Å². The zero-order chi connectivity index (χ0) is 15.0. The van der Waals surface area contributed by atoms with Crippen LogP contribution in [-0.4, -0.2) is 34.5 Å². The van der Waals surface area contributed by atoms with Crippen LogP contribution in [0.25, 0.3) is 0 Å². The molecule has 2 heterocycles. The van der Waals surface area contributed by atoms with Crippen molar-refractivity contribution < 1.29 is 14.0 Å². The second-order valence-electron chi connectivity index (χ2n) is 6.53. The Kier molecular flexibility index (Phi) is 4.18. The number of nitrogens with one attached hydrogen (secondary N) is 1. The van der Waals surface area contributed by atoms with E-state index in [-0.39, 0.29) is 23.3 Å². The third-order valence-electron chi connectivity index (χ3n) is 3.77. The van der Waals surface area contributed by atoms with Crippen LogP contribution < -0.4 is 5.32 Å². The fourth-order valence-corrected chi connectivity index (χ4v) is 2.70. The molecule has 0 bridgehead atoms. The van der Waals surface area contributed by atoms with Crippen molar-refractivity contribution >= 4 is 0 Å². The third-order valence-corrected chi connectivity index (χ3v) is 3.77. The van der Waals surface area contributed by atoms with Crippen molar-refractivity contribution in [2.24, 2.45) is 0 Å². The van der Waals surface area contributed by atoms with Crippen LogP contribution in [-0.2, 0) is 16.0 Å². The van der Waals surface area contributed by atoms with Crippen molar-refractivity contribution in [2.75, 3.05) is 7.11 Å². The Morgan fingerprint density at radius 3 is 2.65 bits per heavy atom. The van der Waals surface area contributed by atoms with E-state index in [9.17, 15) is 0 Å². The molecule has 1 aliphatic rings. The monoisotopic (exact) mass is 283 g/mol. The minimum atomic E-state index is -0.202. The number of rotatable bonds is 5. The highest BCUT2D eigenvalue weighted by Crippen LogP contribution is 2.37. The Morgan fingerprint density at radius 1 is 1.40 bits per heavy atom. The summed E-state index contributed by atoms with van der Waals surface area (Å²) < 4.78 is 16.4. The van der Waals surface area contributed by atoms with Crippen molar-refractivity contribution in [1.82, 2.24) is 15.5 Å². The van der Waals surface area contributed by atoms with Gasteiger partial charge in [0.15, 0.2) is 5.82 Å². The maximum atomic E-state index is 6.05. The van der Waals surface area contributed by atoms with Gasteiger partial charge >= 0.3 is 0 Å². The Hall–Kier alpha value is -0.980. The van der Waals surface area contributed by atoms with E-state index < -0.39 is 0 Å². The molecule has 1 aliphatic heterocycles. The first-order valence-corrected chi connectivity index (χ1v) is 7.02. The van der Waals surface area contributed by atoms with E-state index in [0.717, 1.165) is 6.42 Å². The van der Waals surface area contributed by atoms with Gasteiger partial charge in [-0.3, -0.25) is 0 Å². The van der Waals surface area contributed by atoms with E-state index in [1.165, 1.54) is 0 Å². The Morgan fingerprint density at radius 2 is 2.10 bits per heavy atom. The molecule has 0 radical (unpaired) electrons. The molecular formula is C14H25N3O3. The maximum Gasteiger partial charge on any atom is 0.240 e. The Bertz CT molecular complexity index is 456. The fourth-order valence-electron chi connectivity index (χ4n) is 2.70. The summed E-state index contributed by atoms with van der Waals surface area (Å²) in [5, 5.41) is 7.37. The summed E-state index contributed by atoms with van der Waals surface area (Å²) in [4.78, 5) is 4.32. The molecule has 6 nitrogen and oxygen atoms in total. The van der Waals surface area contributed by atoms with Crippen molar-refractivity contribution in [2.45, 2.75) is 70.9 Å². The lowest BCUT2D eigenvalue weighted by Crippen LogP contribution is -2.43. The summed E-state index contributed by atoms with van der Waals surface area (Å²) in [6, 6.07) is 0.257. The smallest absolute Gasteiger partial charge is 0.240 e. The number of nitrogens with zero attached hydrogens (tertiary/aromatic N) is 2. The summed E-state index contributed by atoms with van der Waals surface area (Å²) in [5.74, 6) is 1.15. The van der Waals surface area contributed by atoms with Crippen molar-refractivity contribution in [3.63, 3.8) is 0 Å². The van der Waals surface area contributed by atoms with Gasteiger partial charge in [0, 0.05) is 13.2 Å². The molecule has 0 aliphatic carbocycles. The lowest BCUT2D eigenvalue weighted by Gasteiger charge is -2.27. The van der Waals surface area contributed by atoms with E-state index >= 15 is 0 Å². The van der Waals surface area contributed by atoms with Crippen LogP contribution in [0.2, 0.25) is 0 Å². The molecule has 1 N–H and O–H groups in total. The van der Waals surface area contributed by atoms with Crippen LogP contribution >= 0.6 is 0 Å². The Labute approximate surface area is 120 Å². The van der Waals surface area contributed by atoms with E-state index in [4.69, 9.17) is 14.0 Å². The van der Waals surface area contributed by atoms with Gasteiger partial charge in [-0.05, 0) is 41.0 Å². The number of hydrogen-bond donors (Lipinski definition) is 1. The summed E-state index contributed by atoms with van der Waals surface area (Å²) >= 11 is 0. The molecule has 6 heteroatoms. The molecule has 1 aromatic rings. The first kappa shape index (κ1) is 15.4. The average molecular weight is 283 g/mol. The molecule has 2 rings (SSSR count). The molecule has 114 valence electrons. The summed E-state index contributed by atoms with van der Waals surface area (Å²) in [5.41, 5.74) is -0.308. The van der Waals surface area contributed by atoms with Gasteiger partial charge in [-0.25, -0.2) is 0 Å². The number of hydrogen-bond acceptors (Lipinski definition) is 6. The number of ether oxygens (including phenoxy) is 2. The van der Waals surface area contributed by atoms with Gasteiger partial charge < -0.3 is 19.3 Å². The van der Waals surface area contributed by atoms with Gasteiger partial charge in [0.05, 0.1) is 17.7 Å². The highest BCUT2D eigenvalue weighted by molar-refractivity contribution is 4.99. The van der Waals surface area contributed by atoms with Crippen LogP contribution in [0.4, 0.5) is 0 Å². The third kappa shape index (κ3) is 3.37. The quantitative estimate of drug-likeness (QED) is 0.893. The first-order valence-electron chi connectivity index (χ1n) is 7.02. The predicted molar refractivity (Wildman–Crippen MR) is 74.2 cm³/mol. The second kappa shape index (κ2) is 5.42. The SMILES string of the molecule is CO[C@H](C)c1noc(CN[C@H]2CC(C)(C)OC2(C)C)n1. The highest BCUT2D eigenvalue weighted by Gasteiger charge is 2.45. The van der Waals surface area contributed by atoms with Gasteiger partial charge in [-0.15, -0.1) is 0 Å². The van der Waals surface area contributed by atoms with E-state index in [2.05, 4.69) is 43.2 Å². The van der Waals surface area contributed by atoms with Crippen molar-refractivity contribution in [1.29, 1.82) is 0 Å². The van der Waals surface area contributed by atoms with Gasteiger partial charge in [-0.2, -0.15) is 4.98 Å². The topological polar surface area (TPSA) is 69.4 Å². The number of aromatic nitrogens is 2. The largest absolute Gasteiger partial charge is 0.374 e. The van der Waals surface area contributed by atoms with Crippen molar-refractivity contribution in [3.8, 4) is 0 Å². The van der Waals surface area contributed by atoms with Gasteiger partial charge in [0.25, 0.3) is 0 Å². The molecule has 0 spiro atoms. The van der Waals surface area contributed by atoms with Crippen molar-refractivity contribution in [3.05, 3.63) is 11.7 Å². The molecule has 0 aromatic carbocycles. The zero-order valence-electron chi connectivity index (χ0n) is 13.2. The molecular weight excluding hydrogens is 258 g/mol. The lowest BCUT2D eigenvalue weighted by atomic mass is 9.94. The van der Waals surface area contributed by atoms with E-state index in [1.807, 2.05) is 6.92 Å². The number of methoxy groups -OCH3 is 1. The standard InChI is InChI=1S/C14H25N3O3/c1-9(18-6)12-16-11(19-17-12)8-15-10-7-13(2,3)20-14(10,4)5/h9-10,15H,7-8H2,1-6H3/t9-,10+/m1/s1. The summed E-state index contributed by atoms with van der Waals surface area (Å²) in [6.07, 6.45) is 0.799. The normalized spacial score (nSPS) is 25.8. The van der Waals surface area contributed by atoms with Gasteiger partial charge in [0.2, 0.25) is 5.89 Å². The van der Waals surface area contributed by atoms with Crippen LogP contribution in [0.1, 0.15) is 58.9 Å².